The van der Waals surface area contributed by atoms with Crippen LogP contribution in [0.1, 0.15) is 24.8 Å². The summed E-state index contributed by atoms with van der Waals surface area (Å²) in [5, 5.41) is 11.7. The van der Waals surface area contributed by atoms with Gasteiger partial charge in [-0.05, 0) is 37.1 Å². The Balaban J connectivity index is 1.82. The van der Waals surface area contributed by atoms with E-state index in [0.717, 1.165) is 47.3 Å². The molecule has 1 N–H and O–H groups in total. The van der Waals surface area contributed by atoms with Crippen molar-refractivity contribution >= 4 is 27.5 Å². The first-order valence-electron chi connectivity index (χ1n) is 8.66. The summed E-state index contributed by atoms with van der Waals surface area (Å²) in [7, 11) is 1.69. The van der Waals surface area contributed by atoms with Crippen LogP contribution in [-0.2, 0) is 5.72 Å². The van der Waals surface area contributed by atoms with Crippen LogP contribution in [0.2, 0.25) is 0 Å². The fourth-order valence-corrected chi connectivity index (χ4v) is 4.20. The number of β-amino-alcohol motifs (C(OH)–C–C–N with tert-alkyl or cyclic N) is 1. The molecule has 0 aromatic heterocycles. The number of aliphatic hydroxyl groups is 1. The molecule has 0 saturated heterocycles. The van der Waals surface area contributed by atoms with Gasteiger partial charge in [0, 0.05) is 16.5 Å². The molecule has 2 aliphatic heterocycles. The second-order valence-corrected chi connectivity index (χ2v) is 7.52. The SMILES string of the molecule is COc1ccccc1N1CC(O)(c2ccc(Br)cc2)[N+]2=C1CCCC2. The van der Waals surface area contributed by atoms with Gasteiger partial charge in [0.25, 0.3) is 11.6 Å². The van der Waals surface area contributed by atoms with Gasteiger partial charge in [-0.15, -0.1) is 0 Å². The second kappa shape index (κ2) is 6.46. The first kappa shape index (κ1) is 16.6. The number of benzene rings is 2. The van der Waals surface area contributed by atoms with Crippen molar-refractivity contribution in [2.24, 2.45) is 0 Å². The number of ether oxygens (including phenoxy) is 1. The van der Waals surface area contributed by atoms with E-state index in [0.29, 0.717) is 6.54 Å². The highest BCUT2D eigenvalue weighted by molar-refractivity contribution is 9.10. The molecule has 130 valence electrons. The molecule has 0 spiro atoms. The van der Waals surface area contributed by atoms with Crippen LogP contribution in [0.4, 0.5) is 5.69 Å². The van der Waals surface area contributed by atoms with Gasteiger partial charge in [0.15, 0.2) is 18.0 Å². The molecule has 2 heterocycles. The average Bonchev–Trinajstić information content (AvgIpc) is 2.96. The van der Waals surface area contributed by atoms with Gasteiger partial charge in [-0.3, -0.25) is 0 Å². The molecule has 2 aliphatic rings. The monoisotopic (exact) mass is 401 g/mol. The molecule has 5 heteroatoms. The fourth-order valence-electron chi connectivity index (χ4n) is 3.93. The minimum atomic E-state index is -1.02. The third-order valence-electron chi connectivity index (χ3n) is 5.16. The molecule has 0 bridgehead atoms. The van der Waals surface area contributed by atoms with Crippen LogP contribution in [0.15, 0.2) is 53.0 Å². The molecule has 4 nitrogen and oxygen atoms in total. The van der Waals surface area contributed by atoms with E-state index >= 15 is 0 Å². The van der Waals surface area contributed by atoms with Crippen molar-refractivity contribution in [1.82, 2.24) is 0 Å². The van der Waals surface area contributed by atoms with Gasteiger partial charge in [0.1, 0.15) is 0 Å². The lowest BCUT2D eigenvalue weighted by atomic mass is 10.0. The van der Waals surface area contributed by atoms with Crippen molar-refractivity contribution in [3.05, 3.63) is 58.6 Å². The normalized spacial score (nSPS) is 22.9. The highest BCUT2D eigenvalue weighted by Gasteiger charge is 2.52. The van der Waals surface area contributed by atoms with Crippen LogP contribution in [0.3, 0.4) is 0 Å². The van der Waals surface area contributed by atoms with E-state index in [4.69, 9.17) is 4.74 Å². The molecule has 0 fully saturated rings. The molecule has 4 rings (SSSR count). The van der Waals surface area contributed by atoms with Crippen LogP contribution >= 0.6 is 15.9 Å². The maximum absolute atomic E-state index is 11.7. The van der Waals surface area contributed by atoms with Crippen molar-refractivity contribution in [2.45, 2.75) is 25.0 Å². The van der Waals surface area contributed by atoms with Crippen LogP contribution in [0.5, 0.6) is 5.75 Å². The first-order valence-corrected chi connectivity index (χ1v) is 9.45. The average molecular weight is 402 g/mol. The molecule has 1 atom stereocenters. The summed E-state index contributed by atoms with van der Waals surface area (Å²) in [4.78, 5) is 2.22. The predicted octanol–water partition coefficient (Wildman–Crippen LogP) is 3.72. The second-order valence-electron chi connectivity index (χ2n) is 6.61. The fraction of sp³-hybridized carbons (Fsp3) is 0.350. The Morgan fingerprint density at radius 3 is 2.64 bits per heavy atom. The highest BCUT2D eigenvalue weighted by Crippen LogP contribution is 2.39. The molecule has 1 unspecified atom stereocenters. The van der Waals surface area contributed by atoms with Gasteiger partial charge in [-0.25, -0.2) is 9.48 Å². The Hall–Kier alpha value is -1.85. The summed E-state index contributed by atoms with van der Waals surface area (Å²) in [5.74, 6) is 2.02. The van der Waals surface area contributed by atoms with Crippen LogP contribution in [0, 0.1) is 0 Å². The number of methoxy groups -OCH3 is 1. The number of halogens is 1. The predicted molar refractivity (Wildman–Crippen MR) is 102 cm³/mol. The van der Waals surface area contributed by atoms with E-state index in [9.17, 15) is 5.11 Å². The third-order valence-corrected chi connectivity index (χ3v) is 5.69. The van der Waals surface area contributed by atoms with E-state index in [1.807, 2.05) is 42.5 Å². The van der Waals surface area contributed by atoms with Crippen molar-refractivity contribution in [2.75, 3.05) is 25.1 Å². The molecule has 2 aromatic rings. The Bertz CT molecular complexity index is 819. The largest absolute Gasteiger partial charge is 0.492 e. The molecular weight excluding hydrogens is 380 g/mol. The van der Waals surface area contributed by atoms with Crippen molar-refractivity contribution in [1.29, 1.82) is 0 Å². The summed E-state index contributed by atoms with van der Waals surface area (Å²) in [6, 6.07) is 16.0. The van der Waals surface area contributed by atoms with E-state index in [-0.39, 0.29) is 0 Å². The molecule has 0 saturated carbocycles. The number of hydrogen-bond donors (Lipinski definition) is 1. The lowest BCUT2D eigenvalue weighted by Gasteiger charge is -2.24. The number of amidine groups is 1. The summed E-state index contributed by atoms with van der Waals surface area (Å²) in [6.07, 6.45) is 3.22. The van der Waals surface area contributed by atoms with Crippen LogP contribution in [0.25, 0.3) is 0 Å². The van der Waals surface area contributed by atoms with Gasteiger partial charge in [0.2, 0.25) is 0 Å². The molecule has 0 amide bonds. The summed E-state index contributed by atoms with van der Waals surface area (Å²) in [6.45, 7) is 1.37. The number of rotatable bonds is 3. The zero-order chi connectivity index (χ0) is 17.4. The van der Waals surface area contributed by atoms with Gasteiger partial charge in [0.05, 0.1) is 13.7 Å². The van der Waals surface area contributed by atoms with E-state index in [1.165, 1.54) is 5.84 Å². The molecular formula is C20H22BrN2O2+. The third kappa shape index (κ3) is 2.75. The number of para-hydroxylation sites is 2. The maximum Gasteiger partial charge on any atom is 0.271 e. The summed E-state index contributed by atoms with van der Waals surface area (Å²) >= 11 is 3.48. The molecule has 0 radical (unpaired) electrons. The van der Waals surface area contributed by atoms with E-state index in [1.54, 1.807) is 7.11 Å². The Morgan fingerprint density at radius 1 is 1.12 bits per heavy atom. The first-order chi connectivity index (χ1) is 12.1. The molecule has 2 aromatic carbocycles. The van der Waals surface area contributed by atoms with Crippen molar-refractivity contribution < 1.29 is 14.4 Å². The number of anilines is 1. The minimum Gasteiger partial charge on any atom is -0.492 e. The summed E-state index contributed by atoms with van der Waals surface area (Å²) < 4.78 is 8.75. The van der Waals surface area contributed by atoms with Gasteiger partial charge in [-0.1, -0.05) is 40.2 Å². The van der Waals surface area contributed by atoms with Gasteiger partial charge < -0.3 is 9.84 Å². The van der Waals surface area contributed by atoms with Crippen LogP contribution in [-0.4, -0.2) is 35.7 Å². The highest BCUT2D eigenvalue weighted by atomic mass is 79.9. The van der Waals surface area contributed by atoms with Crippen LogP contribution < -0.4 is 9.64 Å². The topological polar surface area (TPSA) is 35.7 Å². The van der Waals surface area contributed by atoms with Crippen molar-refractivity contribution in [3.63, 3.8) is 0 Å². The lowest BCUT2D eigenvalue weighted by molar-refractivity contribution is -0.661. The molecule has 25 heavy (non-hydrogen) atoms. The smallest absolute Gasteiger partial charge is 0.271 e. The zero-order valence-electron chi connectivity index (χ0n) is 14.3. The summed E-state index contributed by atoms with van der Waals surface area (Å²) in [5.41, 5.74) is 0.921. The Kier molecular flexibility index (Phi) is 4.29. The Labute approximate surface area is 156 Å². The maximum atomic E-state index is 11.7. The van der Waals surface area contributed by atoms with E-state index < -0.39 is 5.72 Å². The molecule has 0 aliphatic carbocycles. The lowest BCUT2D eigenvalue weighted by Crippen LogP contribution is -2.41. The quantitative estimate of drug-likeness (QED) is 0.796. The van der Waals surface area contributed by atoms with Gasteiger partial charge in [-0.2, -0.15) is 0 Å². The van der Waals surface area contributed by atoms with Gasteiger partial charge >= 0.3 is 0 Å². The Morgan fingerprint density at radius 2 is 1.88 bits per heavy atom. The minimum absolute atomic E-state index is 0.504. The van der Waals surface area contributed by atoms with Crippen molar-refractivity contribution in [3.8, 4) is 5.75 Å². The number of nitrogens with zero attached hydrogens (tertiary/aromatic N) is 2. The zero-order valence-corrected chi connectivity index (χ0v) is 15.9. The standard InChI is InChI=1S/C20H22BrN2O2/c1-25-18-7-3-2-6-17(18)22-14-20(24,15-9-11-16(21)12-10-15)23-13-5-4-8-19(22)23/h2-3,6-7,9-12,24H,4-5,8,13-14H2,1H3/q+1. The number of hydrogen-bond acceptors (Lipinski definition) is 3. The van der Waals surface area contributed by atoms with E-state index in [2.05, 4.69) is 31.5 Å².